The highest BCUT2D eigenvalue weighted by Gasteiger charge is 2.37. The van der Waals surface area contributed by atoms with Crippen molar-refractivity contribution in [3.63, 3.8) is 0 Å². The molecule has 0 spiro atoms. The van der Waals surface area contributed by atoms with E-state index in [2.05, 4.69) is 57.0 Å². The highest BCUT2D eigenvalue weighted by Crippen LogP contribution is 2.37. The van der Waals surface area contributed by atoms with Gasteiger partial charge in [0.25, 0.3) is 0 Å². The van der Waals surface area contributed by atoms with Gasteiger partial charge < -0.3 is 24.4 Å². The average Bonchev–Trinajstić information content (AvgIpc) is 3.22. The molecule has 0 saturated carbocycles. The predicted octanol–water partition coefficient (Wildman–Crippen LogP) is 5.54. The normalized spacial score (nSPS) is 17.9. The van der Waals surface area contributed by atoms with Gasteiger partial charge in [-0.25, -0.2) is 9.78 Å². The second-order valence-electron chi connectivity index (χ2n) is 11.4. The number of hydrogen-bond acceptors (Lipinski definition) is 5. The van der Waals surface area contributed by atoms with Crippen LogP contribution in [0.1, 0.15) is 59.9 Å². The fraction of sp³-hybridized carbons (Fsp3) is 0.667. The summed E-state index contributed by atoms with van der Waals surface area (Å²) < 4.78 is 14.0. The number of fused-ring (bicyclic) bond motifs is 1. The van der Waals surface area contributed by atoms with E-state index < -0.39 is 13.9 Å². The fourth-order valence-corrected chi connectivity index (χ4v) is 4.71. The number of nitrogens with zero attached hydrogens (tertiary/aromatic N) is 3. The van der Waals surface area contributed by atoms with Crippen molar-refractivity contribution in [3.8, 4) is 0 Å². The topological polar surface area (TPSA) is 82.6 Å². The number of rotatable bonds is 5. The molecule has 1 unspecified atom stereocenters. The lowest BCUT2D eigenvalue weighted by atomic mass is 10.2. The summed E-state index contributed by atoms with van der Waals surface area (Å²) in [5.74, 6) is 0.471. The lowest BCUT2D eigenvalue weighted by molar-refractivity contribution is 0.0215. The Balaban J connectivity index is 1.76. The third kappa shape index (κ3) is 5.46. The highest BCUT2D eigenvalue weighted by atomic mass is 28.4. The van der Waals surface area contributed by atoms with Crippen LogP contribution in [0, 0.1) is 0 Å². The monoisotopic (exact) mass is 460 g/mol. The van der Waals surface area contributed by atoms with Gasteiger partial charge in [-0.2, -0.15) is 0 Å². The standard InChI is InChI=1S/C24H40N4O3Si/c1-23(2,3)31-22(29)27-13-9-10-18(27)15-28-20-12-11-17(14-19(20)26-21(28)25)16-30-32(7,8)24(4,5)6/h11-12,14,18H,9-10,13,15-16H2,1-8H3,(H2,25,26). The molecule has 0 aliphatic carbocycles. The van der Waals surface area contributed by atoms with E-state index in [0.717, 1.165) is 29.4 Å². The highest BCUT2D eigenvalue weighted by molar-refractivity contribution is 6.74. The van der Waals surface area contributed by atoms with Crippen molar-refractivity contribution in [1.82, 2.24) is 14.5 Å². The Hall–Kier alpha value is -2.06. The van der Waals surface area contributed by atoms with E-state index in [1.807, 2.05) is 30.2 Å². The number of benzene rings is 1. The molecule has 1 atom stereocenters. The molecule has 1 aromatic heterocycles. The maximum Gasteiger partial charge on any atom is 0.410 e. The Morgan fingerprint density at radius 1 is 1.22 bits per heavy atom. The first kappa shape index (κ1) is 24.6. The number of imidazole rings is 1. The first-order chi connectivity index (χ1) is 14.7. The lowest BCUT2D eigenvalue weighted by Crippen LogP contribution is -2.41. The van der Waals surface area contributed by atoms with Gasteiger partial charge in [-0.15, -0.1) is 0 Å². The molecule has 1 fully saturated rings. The summed E-state index contributed by atoms with van der Waals surface area (Å²) in [4.78, 5) is 19.1. The minimum absolute atomic E-state index is 0.0474. The molecule has 32 heavy (non-hydrogen) atoms. The Morgan fingerprint density at radius 3 is 2.53 bits per heavy atom. The summed E-state index contributed by atoms with van der Waals surface area (Å²) in [6.07, 6.45) is 1.63. The average molecular weight is 461 g/mol. The van der Waals surface area contributed by atoms with E-state index in [-0.39, 0.29) is 17.2 Å². The zero-order chi connectivity index (χ0) is 23.9. The molecule has 1 aromatic carbocycles. The Labute approximate surface area is 193 Å². The molecule has 1 saturated heterocycles. The van der Waals surface area contributed by atoms with Gasteiger partial charge in [0.05, 0.1) is 23.7 Å². The van der Waals surface area contributed by atoms with Gasteiger partial charge >= 0.3 is 6.09 Å². The van der Waals surface area contributed by atoms with Crippen LogP contribution in [0.15, 0.2) is 18.2 Å². The van der Waals surface area contributed by atoms with E-state index in [1.54, 1.807) is 0 Å². The number of nitrogen functional groups attached to an aromatic ring is 1. The van der Waals surface area contributed by atoms with Crippen LogP contribution < -0.4 is 5.73 Å². The largest absolute Gasteiger partial charge is 0.444 e. The SMILES string of the molecule is CC(C)(C)OC(=O)N1CCCC1Cn1c(N)nc2cc(CO[Si](C)(C)C(C)(C)C)ccc21. The molecule has 1 amide bonds. The van der Waals surface area contributed by atoms with Gasteiger partial charge in [-0.05, 0) is 69.4 Å². The number of nitrogens with two attached hydrogens (primary N) is 1. The molecule has 1 aliphatic rings. The third-order valence-electron chi connectivity index (χ3n) is 6.65. The predicted molar refractivity (Wildman–Crippen MR) is 132 cm³/mol. The molecular formula is C24H40N4O3Si. The molecule has 2 N–H and O–H groups in total. The van der Waals surface area contributed by atoms with Crippen molar-refractivity contribution in [2.75, 3.05) is 12.3 Å². The Morgan fingerprint density at radius 2 is 1.91 bits per heavy atom. The molecule has 0 bridgehead atoms. The molecule has 0 radical (unpaired) electrons. The Bertz CT molecular complexity index is 972. The molecule has 2 heterocycles. The first-order valence-corrected chi connectivity index (χ1v) is 14.5. The third-order valence-corrected chi connectivity index (χ3v) is 11.1. The number of aromatic nitrogens is 2. The smallest absolute Gasteiger partial charge is 0.410 e. The molecule has 7 nitrogen and oxygen atoms in total. The van der Waals surface area contributed by atoms with Crippen LogP contribution in [-0.4, -0.2) is 47.0 Å². The summed E-state index contributed by atoms with van der Waals surface area (Å²) >= 11 is 0. The van der Waals surface area contributed by atoms with Gasteiger partial charge in [-0.1, -0.05) is 26.8 Å². The number of carbonyl (C=O) groups excluding carboxylic acids is 1. The minimum atomic E-state index is -1.82. The summed E-state index contributed by atoms with van der Waals surface area (Å²) in [6.45, 7) is 18.8. The quantitative estimate of drug-likeness (QED) is 0.592. The van der Waals surface area contributed by atoms with Crippen LogP contribution in [0.3, 0.4) is 0 Å². The number of amides is 1. The molecule has 3 rings (SSSR count). The summed E-state index contributed by atoms with van der Waals surface area (Å²) in [5.41, 5.74) is 8.73. The fourth-order valence-electron chi connectivity index (χ4n) is 3.75. The van der Waals surface area contributed by atoms with Crippen molar-refractivity contribution in [1.29, 1.82) is 0 Å². The van der Waals surface area contributed by atoms with E-state index in [4.69, 9.17) is 14.9 Å². The van der Waals surface area contributed by atoms with Crippen LogP contribution in [0.4, 0.5) is 10.7 Å². The first-order valence-electron chi connectivity index (χ1n) is 11.6. The maximum atomic E-state index is 12.7. The van der Waals surface area contributed by atoms with Gasteiger partial charge in [0.15, 0.2) is 8.32 Å². The second kappa shape index (κ2) is 8.70. The minimum Gasteiger partial charge on any atom is -0.444 e. The number of likely N-dealkylation sites (tertiary alicyclic amines) is 1. The maximum absolute atomic E-state index is 12.7. The van der Waals surface area contributed by atoms with Gasteiger partial charge in [0.1, 0.15) is 5.60 Å². The number of carbonyl (C=O) groups is 1. The van der Waals surface area contributed by atoms with Crippen molar-refractivity contribution in [2.45, 2.75) is 97.3 Å². The van der Waals surface area contributed by atoms with E-state index in [1.165, 1.54) is 0 Å². The second-order valence-corrected chi connectivity index (χ2v) is 16.2. The number of hydrogen-bond donors (Lipinski definition) is 1. The van der Waals surface area contributed by atoms with Crippen molar-refractivity contribution < 1.29 is 14.0 Å². The van der Waals surface area contributed by atoms with Crippen LogP contribution in [0.25, 0.3) is 11.0 Å². The zero-order valence-electron chi connectivity index (χ0n) is 21.0. The summed E-state index contributed by atoms with van der Waals surface area (Å²) in [6, 6.07) is 6.27. The number of ether oxygens (including phenoxy) is 1. The lowest BCUT2D eigenvalue weighted by Gasteiger charge is -2.36. The summed E-state index contributed by atoms with van der Waals surface area (Å²) in [5, 5.41) is 0.171. The van der Waals surface area contributed by atoms with Gasteiger partial charge in [0.2, 0.25) is 5.95 Å². The molecular weight excluding hydrogens is 420 g/mol. The molecule has 8 heteroatoms. The Kier molecular flexibility index (Phi) is 6.69. The molecule has 2 aromatic rings. The number of anilines is 1. The van der Waals surface area contributed by atoms with Crippen molar-refractivity contribution in [2.24, 2.45) is 0 Å². The molecule has 1 aliphatic heterocycles. The van der Waals surface area contributed by atoms with Crippen molar-refractivity contribution in [3.05, 3.63) is 23.8 Å². The summed E-state index contributed by atoms with van der Waals surface area (Å²) in [7, 11) is -1.82. The van der Waals surface area contributed by atoms with Crippen LogP contribution in [0.2, 0.25) is 18.1 Å². The van der Waals surface area contributed by atoms with E-state index in [0.29, 0.717) is 25.6 Å². The van der Waals surface area contributed by atoms with Crippen LogP contribution in [-0.2, 0) is 22.3 Å². The van der Waals surface area contributed by atoms with Crippen LogP contribution >= 0.6 is 0 Å². The van der Waals surface area contributed by atoms with Crippen LogP contribution in [0.5, 0.6) is 0 Å². The zero-order valence-corrected chi connectivity index (χ0v) is 22.0. The van der Waals surface area contributed by atoms with E-state index in [9.17, 15) is 4.79 Å². The van der Waals surface area contributed by atoms with Gasteiger partial charge in [-0.3, -0.25) is 0 Å². The van der Waals surface area contributed by atoms with Crippen molar-refractivity contribution >= 4 is 31.4 Å². The molecule has 178 valence electrons. The van der Waals surface area contributed by atoms with E-state index >= 15 is 0 Å². The van der Waals surface area contributed by atoms with Gasteiger partial charge in [0, 0.05) is 13.1 Å².